The van der Waals surface area contributed by atoms with E-state index in [-0.39, 0.29) is 25.4 Å². The van der Waals surface area contributed by atoms with Gasteiger partial charge in [0.15, 0.2) is 0 Å². The number of aromatic nitrogens is 1. The van der Waals surface area contributed by atoms with Gasteiger partial charge in [-0.15, -0.1) is 11.3 Å². The van der Waals surface area contributed by atoms with E-state index < -0.39 is 18.1 Å². The Kier molecular flexibility index (Phi) is 4.50. The average Bonchev–Trinajstić information content (AvgIpc) is 2.84. The smallest absolute Gasteiger partial charge is 0.471 e. The minimum atomic E-state index is -4.83. The van der Waals surface area contributed by atoms with Gasteiger partial charge in [0, 0.05) is 24.4 Å². The van der Waals surface area contributed by atoms with E-state index in [0.29, 0.717) is 18.5 Å². The second-order valence-electron chi connectivity index (χ2n) is 4.81. The maximum atomic E-state index is 12.3. The summed E-state index contributed by atoms with van der Waals surface area (Å²) in [4.78, 5) is 26.7. The van der Waals surface area contributed by atoms with Gasteiger partial charge >= 0.3 is 18.1 Å². The number of carbonyl (C=O) groups excluding carboxylic acids is 1. The highest BCUT2D eigenvalue weighted by atomic mass is 32.1. The van der Waals surface area contributed by atoms with E-state index in [1.54, 1.807) is 5.38 Å². The van der Waals surface area contributed by atoms with Gasteiger partial charge in [-0.3, -0.25) is 9.59 Å². The lowest BCUT2D eigenvalue weighted by Crippen LogP contribution is -2.45. The molecule has 0 unspecified atom stereocenters. The minimum absolute atomic E-state index is 0.0187. The zero-order valence-electron chi connectivity index (χ0n) is 10.9. The monoisotopic (exact) mass is 322 g/mol. The molecule has 0 saturated carbocycles. The van der Waals surface area contributed by atoms with E-state index in [2.05, 4.69) is 4.98 Å². The number of hydrogen-bond donors (Lipinski definition) is 1. The van der Waals surface area contributed by atoms with E-state index in [1.165, 1.54) is 11.3 Å². The standard InChI is InChI=1S/C12H13F3N2O3S/c13-12(14,15)11(20)17-3-1-7(2-4-17)10-16-8(6-21-10)5-9(18)19/h6-7H,1-5H2,(H,18,19). The molecule has 1 amide bonds. The van der Waals surface area contributed by atoms with E-state index in [4.69, 9.17) is 5.11 Å². The van der Waals surface area contributed by atoms with Crippen molar-refractivity contribution in [3.05, 3.63) is 16.1 Å². The molecule has 0 atom stereocenters. The first-order valence-electron chi connectivity index (χ1n) is 6.29. The molecule has 21 heavy (non-hydrogen) atoms. The quantitative estimate of drug-likeness (QED) is 0.924. The molecular formula is C12H13F3N2O3S. The highest BCUT2D eigenvalue weighted by Gasteiger charge is 2.43. The molecule has 9 heteroatoms. The molecule has 5 nitrogen and oxygen atoms in total. The van der Waals surface area contributed by atoms with Crippen LogP contribution in [0.5, 0.6) is 0 Å². The molecular weight excluding hydrogens is 309 g/mol. The second kappa shape index (κ2) is 6.00. The van der Waals surface area contributed by atoms with Crippen molar-refractivity contribution in [2.45, 2.75) is 31.4 Å². The lowest BCUT2D eigenvalue weighted by atomic mass is 9.97. The Labute approximate surface area is 122 Å². The van der Waals surface area contributed by atoms with Gasteiger partial charge in [0.25, 0.3) is 0 Å². The molecule has 0 bridgehead atoms. The third-order valence-corrected chi connectivity index (χ3v) is 4.33. The van der Waals surface area contributed by atoms with Crippen LogP contribution in [-0.4, -0.2) is 46.1 Å². The Bertz CT molecular complexity index is 536. The number of aliphatic carboxylic acids is 1. The van der Waals surface area contributed by atoms with Crippen molar-refractivity contribution in [1.82, 2.24) is 9.88 Å². The maximum Gasteiger partial charge on any atom is 0.471 e. The number of thiazole rings is 1. The van der Waals surface area contributed by atoms with Gasteiger partial charge in [-0.1, -0.05) is 0 Å². The number of alkyl halides is 3. The summed E-state index contributed by atoms with van der Waals surface area (Å²) < 4.78 is 37.0. The number of likely N-dealkylation sites (tertiary alicyclic amines) is 1. The molecule has 0 aromatic carbocycles. The maximum absolute atomic E-state index is 12.3. The van der Waals surface area contributed by atoms with Crippen molar-refractivity contribution >= 4 is 23.2 Å². The highest BCUT2D eigenvalue weighted by Crippen LogP contribution is 2.32. The van der Waals surface area contributed by atoms with Crippen LogP contribution in [0, 0.1) is 0 Å². The molecule has 1 N–H and O–H groups in total. The van der Waals surface area contributed by atoms with Gasteiger partial charge in [0.05, 0.1) is 17.1 Å². The van der Waals surface area contributed by atoms with Crippen LogP contribution in [0.15, 0.2) is 5.38 Å². The number of halogens is 3. The molecule has 1 aromatic heterocycles. The first kappa shape index (κ1) is 15.7. The van der Waals surface area contributed by atoms with Crippen LogP contribution in [0.3, 0.4) is 0 Å². The van der Waals surface area contributed by atoms with Crippen molar-refractivity contribution in [3.63, 3.8) is 0 Å². The van der Waals surface area contributed by atoms with E-state index in [1.807, 2.05) is 0 Å². The number of carboxylic acid groups (broad SMARTS) is 1. The summed E-state index contributed by atoms with van der Waals surface area (Å²) in [6.45, 7) is 0.0771. The molecule has 1 aliphatic heterocycles. The Balaban J connectivity index is 1.93. The molecule has 1 aliphatic rings. The van der Waals surface area contributed by atoms with Crippen LogP contribution in [0.25, 0.3) is 0 Å². The molecule has 0 radical (unpaired) electrons. The van der Waals surface area contributed by atoms with Gasteiger partial charge in [-0.25, -0.2) is 4.98 Å². The number of rotatable bonds is 3. The normalized spacial score (nSPS) is 17.0. The van der Waals surface area contributed by atoms with Crippen LogP contribution in [0.4, 0.5) is 13.2 Å². The Morgan fingerprint density at radius 2 is 2.00 bits per heavy atom. The van der Waals surface area contributed by atoms with Crippen LogP contribution < -0.4 is 0 Å². The van der Waals surface area contributed by atoms with Crippen molar-refractivity contribution in [2.75, 3.05) is 13.1 Å². The summed E-state index contributed by atoms with van der Waals surface area (Å²) in [6, 6.07) is 0. The summed E-state index contributed by atoms with van der Waals surface area (Å²) in [7, 11) is 0. The molecule has 1 aromatic rings. The first-order valence-corrected chi connectivity index (χ1v) is 7.17. The molecule has 1 saturated heterocycles. The summed E-state index contributed by atoms with van der Waals surface area (Å²) >= 11 is 1.31. The van der Waals surface area contributed by atoms with Gasteiger partial charge in [-0.2, -0.15) is 13.2 Å². The third-order valence-electron chi connectivity index (χ3n) is 3.28. The van der Waals surface area contributed by atoms with Gasteiger partial charge < -0.3 is 10.0 Å². The van der Waals surface area contributed by atoms with Gasteiger partial charge in [0.2, 0.25) is 0 Å². The number of piperidine rings is 1. The lowest BCUT2D eigenvalue weighted by molar-refractivity contribution is -0.186. The zero-order valence-corrected chi connectivity index (χ0v) is 11.7. The Morgan fingerprint density at radius 3 is 2.52 bits per heavy atom. The van der Waals surface area contributed by atoms with E-state index >= 15 is 0 Å². The fourth-order valence-electron chi connectivity index (χ4n) is 2.26. The van der Waals surface area contributed by atoms with Crippen molar-refractivity contribution < 1.29 is 27.9 Å². The number of carbonyl (C=O) groups is 2. The summed E-state index contributed by atoms with van der Waals surface area (Å²) in [5, 5.41) is 11.0. The summed E-state index contributed by atoms with van der Waals surface area (Å²) in [6.07, 6.45) is -4.19. The van der Waals surface area contributed by atoms with Crippen LogP contribution in [-0.2, 0) is 16.0 Å². The van der Waals surface area contributed by atoms with Crippen LogP contribution in [0.2, 0.25) is 0 Å². The number of amides is 1. The van der Waals surface area contributed by atoms with E-state index in [0.717, 1.165) is 9.91 Å². The lowest BCUT2D eigenvalue weighted by Gasteiger charge is -2.31. The van der Waals surface area contributed by atoms with Crippen molar-refractivity contribution in [3.8, 4) is 0 Å². The van der Waals surface area contributed by atoms with Gasteiger partial charge in [-0.05, 0) is 12.8 Å². The molecule has 116 valence electrons. The Hall–Kier alpha value is -1.64. The molecule has 2 heterocycles. The minimum Gasteiger partial charge on any atom is -0.481 e. The van der Waals surface area contributed by atoms with Gasteiger partial charge in [0.1, 0.15) is 0 Å². The fourth-order valence-corrected chi connectivity index (χ4v) is 3.25. The molecule has 2 rings (SSSR count). The van der Waals surface area contributed by atoms with Crippen LogP contribution in [0.1, 0.15) is 29.5 Å². The Morgan fingerprint density at radius 1 is 1.38 bits per heavy atom. The topological polar surface area (TPSA) is 70.5 Å². The predicted octanol–water partition coefficient (Wildman–Crippen LogP) is 2.04. The van der Waals surface area contributed by atoms with E-state index in [9.17, 15) is 22.8 Å². The summed E-state index contributed by atoms with van der Waals surface area (Å²) in [5.41, 5.74) is 0.455. The first-order chi connectivity index (χ1) is 9.77. The second-order valence-corrected chi connectivity index (χ2v) is 5.70. The fraction of sp³-hybridized carbons (Fsp3) is 0.583. The highest BCUT2D eigenvalue weighted by molar-refractivity contribution is 7.09. The van der Waals surface area contributed by atoms with Crippen molar-refractivity contribution in [2.24, 2.45) is 0 Å². The average molecular weight is 322 g/mol. The zero-order chi connectivity index (χ0) is 15.6. The largest absolute Gasteiger partial charge is 0.481 e. The van der Waals surface area contributed by atoms with Crippen molar-refractivity contribution in [1.29, 1.82) is 0 Å². The third kappa shape index (κ3) is 3.93. The number of hydrogen-bond acceptors (Lipinski definition) is 4. The molecule has 0 spiro atoms. The van der Waals surface area contributed by atoms with Crippen LogP contribution >= 0.6 is 11.3 Å². The number of carboxylic acids is 1. The molecule has 1 fully saturated rings. The molecule has 0 aliphatic carbocycles. The predicted molar refractivity (Wildman–Crippen MR) is 68.1 cm³/mol. The summed E-state index contributed by atoms with van der Waals surface area (Å²) in [5.74, 6) is -2.79. The number of nitrogens with zero attached hydrogens (tertiary/aromatic N) is 2. The SMILES string of the molecule is O=C(O)Cc1csc(C2CCN(C(=O)C(F)(F)F)CC2)n1.